The third-order valence-electron chi connectivity index (χ3n) is 3.34. The number of rotatable bonds is 3. The average molecular weight is 313 g/mol. The van der Waals surface area contributed by atoms with E-state index in [0.29, 0.717) is 22.7 Å². The highest BCUT2D eigenvalue weighted by atomic mass is 32.1. The lowest BCUT2D eigenvalue weighted by Crippen LogP contribution is -2.21. The zero-order valence-electron chi connectivity index (χ0n) is 11.6. The van der Waals surface area contributed by atoms with Crippen LogP contribution in [0, 0.1) is 0 Å². The van der Waals surface area contributed by atoms with Crippen LogP contribution in [0.2, 0.25) is 0 Å². The molecule has 110 valence electrons. The van der Waals surface area contributed by atoms with Crippen molar-refractivity contribution in [3.8, 4) is 10.6 Å². The van der Waals surface area contributed by atoms with Crippen molar-refractivity contribution >= 4 is 22.4 Å². The molecule has 0 saturated heterocycles. The first kappa shape index (κ1) is 13.0. The summed E-state index contributed by atoms with van der Waals surface area (Å²) in [6.45, 7) is 0.238. The third-order valence-corrected chi connectivity index (χ3v) is 4.23. The molecule has 0 aromatic carbocycles. The maximum absolute atomic E-state index is 12.4. The molecule has 4 aromatic rings. The summed E-state index contributed by atoms with van der Waals surface area (Å²) in [5, 5.41) is 6.50. The van der Waals surface area contributed by atoms with Crippen LogP contribution in [0.15, 0.2) is 45.4 Å². The highest BCUT2D eigenvalue weighted by Crippen LogP contribution is 2.25. The van der Waals surface area contributed by atoms with Crippen molar-refractivity contribution in [2.75, 3.05) is 0 Å². The van der Waals surface area contributed by atoms with Crippen LogP contribution in [0.1, 0.15) is 5.89 Å². The lowest BCUT2D eigenvalue weighted by atomic mass is 10.4. The van der Waals surface area contributed by atoms with Crippen LogP contribution in [-0.2, 0) is 13.6 Å². The second-order valence-electron chi connectivity index (χ2n) is 4.78. The predicted molar refractivity (Wildman–Crippen MR) is 81.7 cm³/mol. The molecule has 0 unspecified atom stereocenters. The highest BCUT2D eigenvalue weighted by Gasteiger charge is 2.11. The van der Waals surface area contributed by atoms with Crippen molar-refractivity contribution in [3.05, 3.63) is 52.5 Å². The average Bonchev–Trinajstić information content (AvgIpc) is 3.23. The van der Waals surface area contributed by atoms with Crippen molar-refractivity contribution in [3.63, 3.8) is 0 Å². The second kappa shape index (κ2) is 4.92. The Morgan fingerprint density at radius 2 is 2.23 bits per heavy atom. The van der Waals surface area contributed by atoms with E-state index in [4.69, 9.17) is 4.42 Å². The summed E-state index contributed by atoms with van der Waals surface area (Å²) in [4.78, 5) is 21.9. The fourth-order valence-electron chi connectivity index (χ4n) is 2.24. The summed E-state index contributed by atoms with van der Waals surface area (Å²) in [5.41, 5.74) is 0.405. The van der Waals surface area contributed by atoms with Gasteiger partial charge in [0.25, 0.3) is 5.56 Å². The summed E-state index contributed by atoms with van der Waals surface area (Å²) < 4.78 is 8.73. The van der Waals surface area contributed by atoms with E-state index >= 15 is 0 Å². The van der Waals surface area contributed by atoms with Crippen LogP contribution < -0.4 is 5.56 Å². The highest BCUT2D eigenvalue weighted by molar-refractivity contribution is 7.13. The maximum atomic E-state index is 12.4. The molecule has 4 heterocycles. The van der Waals surface area contributed by atoms with Crippen LogP contribution in [0.4, 0.5) is 0 Å². The van der Waals surface area contributed by atoms with Crippen LogP contribution in [0.3, 0.4) is 0 Å². The van der Waals surface area contributed by atoms with Crippen molar-refractivity contribution in [1.82, 2.24) is 24.3 Å². The minimum Gasteiger partial charge on any atom is -0.438 e. The van der Waals surface area contributed by atoms with Crippen molar-refractivity contribution in [1.29, 1.82) is 0 Å². The molecule has 8 heteroatoms. The molecule has 22 heavy (non-hydrogen) atoms. The van der Waals surface area contributed by atoms with Crippen LogP contribution in [0.5, 0.6) is 0 Å². The number of thiophene rings is 1. The molecule has 7 nitrogen and oxygen atoms in total. The van der Waals surface area contributed by atoms with Gasteiger partial charge >= 0.3 is 0 Å². The van der Waals surface area contributed by atoms with Gasteiger partial charge in [0.15, 0.2) is 11.4 Å². The Morgan fingerprint density at radius 3 is 3.05 bits per heavy atom. The summed E-state index contributed by atoms with van der Waals surface area (Å²) in [6, 6.07) is 3.91. The topological polar surface area (TPSA) is 78.7 Å². The SMILES string of the molecule is Cn1ncc2c(=O)n(Cc3ncc(-c4cccs4)o3)cnc21. The Balaban J connectivity index is 1.69. The van der Waals surface area contributed by atoms with E-state index in [9.17, 15) is 4.79 Å². The van der Waals surface area contributed by atoms with Gasteiger partial charge < -0.3 is 4.42 Å². The first-order valence-electron chi connectivity index (χ1n) is 6.58. The fourth-order valence-corrected chi connectivity index (χ4v) is 2.91. The molecule has 0 N–H and O–H groups in total. The quantitative estimate of drug-likeness (QED) is 0.577. The van der Waals surface area contributed by atoms with Gasteiger partial charge in [-0.15, -0.1) is 11.3 Å². The van der Waals surface area contributed by atoms with Gasteiger partial charge in [-0.25, -0.2) is 9.97 Å². The normalized spacial score (nSPS) is 11.3. The molecular weight excluding hydrogens is 302 g/mol. The number of nitrogens with zero attached hydrogens (tertiary/aromatic N) is 5. The van der Waals surface area contributed by atoms with E-state index < -0.39 is 0 Å². The molecule has 0 amide bonds. The molecule has 0 spiro atoms. The molecule has 0 bridgehead atoms. The van der Waals surface area contributed by atoms with Gasteiger partial charge in [0.1, 0.15) is 18.3 Å². The lowest BCUT2D eigenvalue weighted by Gasteiger charge is -2.02. The van der Waals surface area contributed by atoms with E-state index in [1.54, 1.807) is 29.3 Å². The molecule has 0 fully saturated rings. The van der Waals surface area contributed by atoms with Gasteiger partial charge in [0.05, 0.1) is 17.3 Å². The Labute approximate surface area is 128 Å². The van der Waals surface area contributed by atoms with E-state index in [1.165, 1.54) is 17.1 Å². The van der Waals surface area contributed by atoms with E-state index in [-0.39, 0.29) is 12.1 Å². The van der Waals surface area contributed by atoms with E-state index in [2.05, 4.69) is 15.1 Å². The Kier molecular flexibility index (Phi) is 2.90. The van der Waals surface area contributed by atoms with Crippen LogP contribution in [-0.4, -0.2) is 24.3 Å². The molecule has 4 rings (SSSR count). The molecule has 0 atom stereocenters. The largest absolute Gasteiger partial charge is 0.438 e. The molecule has 0 radical (unpaired) electrons. The Bertz CT molecular complexity index is 996. The molecule has 0 aliphatic carbocycles. The number of hydrogen-bond acceptors (Lipinski definition) is 6. The van der Waals surface area contributed by atoms with Crippen LogP contribution >= 0.6 is 11.3 Å². The van der Waals surface area contributed by atoms with Gasteiger partial charge in [-0.3, -0.25) is 14.0 Å². The summed E-state index contributed by atoms with van der Waals surface area (Å²) >= 11 is 1.58. The number of hydrogen-bond donors (Lipinski definition) is 0. The standard InChI is InChI=1S/C14H11N5O2S/c1-18-13-9(5-17-18)14(20)19(8-16-13)7-12-15-6-10(21-12)11-3-2-4-22-11/h2-6,8H,7H2,1H3. The third kappa shape index (κ3) is 2.04. The number of aromatic nitrogens is 5. The van der Waals surface area contributed by atoms with Gasteiger partial charge in [0, 0.05) is 7.05 Å². The zero-order valence-corrected chi connectivity index (χ0v) is 12.4. The maximum Gasteiger partial charge on any atom is 0.264 e. The minimum atomic E-state index is -0.158. The second-order valence-corrected chi connectivity index (χ2v) is 5.73. The van der Waals surface area contributed by atoms with Crippen molar-refractivity contribution < 1.29 is 4.42 Å². The monoisotopic (exact) mass is 313 g/mol. The van der Waals surface area contributed by atoms with Crippen molar-refractivity contribution in [2.45, 2.75) is 6.54 Å². The molecule has 0 aliphatic rings. The lowest BCUT2D eigenvalue weighted by molar-refractivity contribution is 0.484. The fraction of sp³-hybridized carbons (Fsp3) is 0.143. The zero-order chi connectivity index (χ0) is 15.1. The van der Waals surface area contributed by atoms with E-state index in [0.717, 1.165) is 4.88 Å². The van der Waals surface area contributed by atoms with Gasteiger partial charge in [0.2, 0.25) is 5.89 Å². The van der Waals surface area contributed by atoms with Crippen LogP contribution in [0.25, 0.3) is 21.7 Å². The van der Waals surface area contributed by atoms with Gasteiger partial charge in [-0.2, -0.15) is 5.10 Å². The molecule has 4 aromatic heterocycles. The predicted octanol–water partition coefficient (Wildman–Crippen LogP) is 1.89. The van der Waals surface area contributed by atoms with Gasteiger partial charge in [-0.05, 0) is 11.4 Å². The minimum absolute atomic E-state index is 0.158. The first-order valence-corrected chi connectivity index (χ1v) is 7.46. The summed E-state index contributed by atoms with van der Waals surface area (Å²) in [5.74, 6) is 1.17. The number of aryl methyl sites for hydroxylation is 1. The smallest absolute Gasteiger partial charge is 0.264 e. The first-order chi connectivity index (χ1) is 10.7. The van der Waals surface area contributed by atoms with Gasteiger partial charge in [-0.1, -0.05) is 6.07 Å². The molecule has 0 saturated carbocycles. The Hall–Kier alpha value is -2.74. The molecular formula is C14H11N5O2S. The Morgan fingerprint density at radius 1 is 1.32 bits per heavy atom. The number of fused-ring (bicyclic) bond motifs is 1. The molecule has 0 aliphatic heterocycles. The summed E-state index contributed by atoms with van der Waals surface area (Å²) in [7, 11) is 1.75. The number of oxazole rings is 1. The summed E-state index contributed by atoms with van der Waals surface area (Å²) in [6.07, 6.45) is 4.68. The van der Waals surface area contributed by atoms with E-state index in [1.807, 2.05) is 17.5 Å². The van der Waals surface area contributed by atoms with Crippen molar-refractivity contribution in [2.24, 2.45) is 7.05 Å².